The summed E-state index contributed by atoms with van der Waals surface area (Å²) in [5, 5.41) is 10.4. The molecule has 5 atom stereocenters. The molecule has 1 aliphatic rings. The molecule has 1 fully saturated rings. The van der Waals surface area contributed by atoms with Crippen molar-refractivity contribution in [3.63, 3.8) is 0 Å². The summed E-state index contributed by atoms with van der Waals surface area (Å²) in [6.45, 7) is 6.78. The molecule has 0 aliphatic heterocycles. The molecule has 230 valence electrons. The van der Waals surface area contributed by atoms with E-state index in [9.17, 15) is 14.7 Å². The molecular formula is C38H48O5. The van der Waals surface area contributed by atoms with E-state index in [1.54, 1.807) is 0 Å². The van der Waals surface area contributed by atoms with E-state index in [0.29, 0.717) is 31.6 Å². The molecule has 4 rings (SSSR count). The summed E-state index contributed by atoms with van der Waals surface area (Å²) in [5.41, 5.74) is 2.94. The van der Waals surface area contributed by atoms with Crippen LogP contribution in [0.4, 0.5) is 0 Å². The summed E-state index contributed by atoms with van der Waals surface area (Å²) in [5.74, 6) is 0.310. The van der Waals surface area contributed by atoms with Crippen LogP contribution in [-0.2, 0) is 24.5 Å². The molecule has 0 heterocycles. The number of rotatable bonds is 14. The van der Waals surface area contributed by atoms with Gasteiger partial charge in [0.25, 0.3) is 0 Å². The SMILES string of the molecule is C[C@@H]1CC[C@@H](C(C)(C)c2ccccc2)[C@H](OC(=O)CCC[C@H](OC(=O)CCCC(O)c2ccccc2)c2ccccc2)C1. The van der Waals surface area contributed by atoms with Crippen LogP contribution < -0.4 is 0 Å². The molecular weight excluding hydrogens is 536 g/mol. The van der Waals surface area contributed by atoms with Crippen molar-refractivity contribution in [2.45, 2.75) is 102 Å². The third-order valence-corrected chi connectivity index (χ3v) is 9.12. The minimum absolute atomic E-state index is 0.101. The first-order valence-electron chi connectivity index (χ1n) is 16.0. The van der Waals surface area contributed by atoms with Crippen LogP contribution in [0.1, 0.15) is 107 Å². The first kappa shape index (κ1) is 32.5. The van der Waals surface area contributed by atoms with Crippen LogP contribution in [0.15, 0.2) is 91.0 Å². The number of hydrogen-bond acceptors (Lipinski definition) is 5. The Morgan fingerprint density at radius 3 is 2.00 bits per heavy atom. The molecule has 1 unspecified atom stereocenters. The highest BCUT2D eigenvalue weighted by Crippen LogP contribution is 2.43. The molecule has 0 bridgehead atoms. The Morgan fingerprint density at radius 1 is 0.791 bits per heavy atom. The molecule has 1 saturated carbocycles. The first-order valence-corrected chi connectivity index (χ1v) is 16.0. The van der Waals surface area contributed by atoms with Crippen LogP contribution in [0.5, 0.6) is 0 Å². The Bertz CT molecular complexity index is 1260. The van der Waals surface area contributed by atoms with E-state index in [0.717, 1.165) is 30.4 Å². The Balaban J connectivity index is 1.29. The van der Waals surface area contributed by atoms with E-state index in [2.05, 4.69) is 45.0 Å². The lowest BCUT2D eigenvalue weighted by Gasteiger charge is -2.44. The largest absolute Gasteiger partial charge is 0.462 e. The standard InChI is InChI=1S/C38H48O5/c1-28-25-26-32(38(2,3)31-19-11-6-12-20-31)35(27-28)43-37(41)24-14-22-34(30-17-9-5-10-18-30)42-36(40)23-13-21-33(39)29-15-7-4-8-16-29/h4-12,15-20,28,32-35,39H,13-14,21-27H2,1-3H3/t28-,32-,33?,34+,35-/m1/s1. The Morgan fingerprint density at radius 2 is 1.35 bits per heavy atom. The quantitative estimate of drug-likeness (QED) is 0.192. The maximum absolute atomic E-state index is 13.1. The van der Waals surface area contributed by atoms with Gasteiger partial charge in [-0.05, 0) is 66.5 Å². The minimum atomic E-state index is -0.602. The second kappa shape index (κ2) is 15.9. The van der Waals surface area contributed by atoms with Crippen molar-refractivity contribution in [2.24, 2.45) is 11.8 Å². The molecule has 3 aromatic rings. The lowest BCUT2D eigenvalue weighted by Crippen LogP contribution is -2.43. The molecule has 0 spiro atoms. The van der Waals surface area contributed by atoms with Crippen LogP contribution in [0.2, 0.25) is 0 Å². The van der Waals surface area contributed by atoms with Gasteiger partial charge in [0, 0.05) is 18.8 Å². The summed E-state index contributed by atoms with van der Waals surface area (Å²) in [7, 11) is 0. The molecule has 5 nitrogen and oxygen atoms in total. The van der Waals surface area contributed by atoms with Crippen molar-refractivity contribution in [1.82, 2.24) is 0 Å². The van der Waals surface area contributed by atoms with Crippen LogP contribution in [0, 0.1) is 11.8 Å². The topological polar surface area (TPSA) is 72.8 Å². The third kappa shape index (κ3) is 9.53. The lowest BCUT2D eigenvalue weighted by atomic mass is 9.64. The Kier molecular flexibility index (Phi) is 12.0. The maximum Gasteiger partial charge on any atom is 0.306 e. The van der Waals surface area contributed by atoms with Crippen molar-refractivity contribution in [3.05, 3.63) is 108 Å². The van der Waals surface area contributed by atoms with Gasteiger partial charge in [0.15, 0.2) is 0 Å². The molecule has 43 heavy (non-hydrogen) atoms. The van der Waals surface area contributed by atoms with Gasteiger partial charge in [0.2, 0.25) is 0 Å². The van der Waals surface area contributed by atoms with E-state index in [1.807, 2.05) is 66.7 Å². The lowest BCUT2D eigenvalue weighted by molar-refractivity contribution is -0.156. The number of ether oxygens (including phenoxy) is 2. The normalized spacial score (nSPS) is 20.1. The van der Waals surface area contributed by atoms with E-state index >= 15 is 0 Å². The number of esters is 2. The average Bonchev–Trinajstić information content (AvgIpc) is 3.01. The first-order chi connectivity index (χ1) is 20.7. The average molecular weight is 585 g/mol. The molecule has 5 heteroatoms. The molecule has 0 saturated heterocycles. The van der Waals surface area contributed by atoms with Crippen molar-refractivity contribution in [1.29, 1.82) is 0 Å². The number of carbonyl (C=O) groups is 2. The van der Waals surface area contributed by atoms with Gasteiger partial charge in [-0.3, -0.25) is 9.59 Å². The zero-order valence-electron chi connectivity index (χ0n) is 26.0. The second-order valence-electron chi connectivity index (χ2n) is 12.7. The fraction of sp³-hybridized carbons (Fsp3) is 0.474. The molecule has 1 aliphatic carbocycles. The van der Waals surface area contributed by atoms with E-state index in [1.165, 1.54) is 5.56 Å². The highest BCUT2D eigenvalue weighted by atomic mass is 16.5. The minimum Gasteiger partial charge on any atom is -0.462 e. The van der Waals surface area contributed by atoms with Gasteiger partial charge in [-0.25, -0.2) is 0 Å². The smallest absolute Gasteiger partial charge is 0.306 e. The molecule has 1 N–H and O–H groups in total. The zero-order valence-corrected chi connectivity index (χ0v) is 26.0. The van der Waals surface area contributed by atoms with E-state index in [-0.39, 0.29) is 42.2 Å². The van der Waals surface area contributed by atoms with Gasteiger partial charge in [0.1, 0.15) is 12.2 Å². The fourth-order valence-corrected chi connectivity index (χ4v) is 6.49. The van der Waals surface area contributed by atoms with Gasteiger partial charge < -0.3 is 14.6 Å². The number of benzene rings is 3. The summed E-state index contributed by atoms with van der Waals surface area (Å²) in [4.78, 5) is 25.9. The highest BCUT2D eigenvalue weighted by Gasteiger charge is 2.41. The van der Waals surface area contributed by atoms with Crippen LogP contribution in [0.25, 0.3) is 0 Å². The summed E-state index contributed by atoms with van der Waals surface area (Å²) in [6.07, 6.45) is 4.56. The third-order valence-electron chi connectivity index (χ3n) is 9.12. The fourth-order valence-electron chi connectivity index (χ4n) is 6.49. The van der Waals surface area contributed by atoms with Gasteiger partial charge in [-0.2, -0.15) is 0 Å². The molecule has 0 amide bonds. The van der Waals surface area contributed by atoms with Crippen molar-refractivity contribution in [2.75, 3.05) is 0 Å². The predicted molar refractivity (Wildman–Crippen MR) is 170 cm³/mol. The number of aliphatic hydroxyl groups excluding tert-OH is 1. The maximum atomic E-state index is 13.1. The van der Waals surface area contributed by atoms with Crippen LogP contribution >= 0.6 is 0 Å². The van der Waals surface area contributed by atoms with Crippen LogP contribution in [0.3, 0.4) is 0 Å². The summed E-state index contributed by atoms with van der Waals surface area (Å²) < 4.78 is 12.1. The molecule has 0 radical (unpaired) electrons. The number of aliphatic hydroxyl groups is 1. The monoisotopic (exact) mass is 584 g/mol. The molecule has 0 aromatic heterocycles. The van der Waals surface area contributed by atoms with Crippen molar-refractivity contribution >= 4 is 11.9 Å². The van der Waals surface area contributed by atoms with Crippen molar-refractivity contribution < 1.29 is 24.2 Å². The summed E-state index contributed by atoms with van der Waals surface area (Å²) in [6, 6.07) is 29.7. The van der Waals surface area contributed by atoms with Gasteiger partial charge in [0.05, 0.1) is 6.10 Å². The summed E-state index contributed by atoms with van der Waals surface area (Å²) >= 11 is 0. The van der Waals surface area contributed by atoms with Gasteiger partial charge in [-0.1, -0.05) is 118 Å². The Labute approximate surface area is 257 Å². The van der Waals surface area contributed by atoms with Gasteiger partial charge >= 0.3 is 11.9 Å². The highest BCUT2D eigenvalue weighted by molar-refractivity contribution is 5.70. The van der Waals surface area contributed by atoms with Crippen molar-refractivity contribution in [3.8, 4) is 0 Å². The second-order valence-corrected chi connectivity index (χ2v) is 12.7. The number of carbonyl (C=O) groups excluding carboxylic acids is 2. The van der Waals surface area contributed by atoms with Gasteiger partial charge in [-0.15, -0.1) is 0 Å². The predicted octanol–water partition coefficient (Wildman–Crippen LogP) is 8.67. The van der Waals surface area contributed by atoms with Crippen LogP contribution in [-0.4, -0.2) is 23.1 Å². The molecule has 3 aromatic carbocycles. The Hall–Kier alpha value is -3.44. The zero-order chi connectivity index (χ0) is 30.7. The number of hydrogen-bond donors (Lipinski definition) is 1. The van der Waals surface area contributed by atoms with E-state index in [4.69, 9.17) is 9.47 Å². The van der Waals surface area contributed by atoms with E-state index < -0.39 is 12.2 Å².